The van der Waals surface area contributed by atoms with Gasteiger partial charge in [0.1, 0.15) is 11.5 Å². The number of carbonyl (C=O) groups excluding carboxylic acids is 1. The maximum absolute atomic E-state index is 12.3. The van der Waals surface area contributed by atoms with Crippen LogP contribution in [0.15, 0.2) is 18.2 Å². The lowest BCUT2D eigenvalue weighted by atomic mass is 10.00. The zero-order valence-corrected chi connectivity index (χ0v) is 13.5. The van der Waals surface area contributed by atoms with Crippen LogP contribution in [0.2, 0.25) is 0 Å². The van der Waals surface area contributed by atoms with Crippen LogP contribution in [0.4, 0.5) is 0 Å². The van der Waals surface area contributed by atoms with Gasteiger partial charge in [0, 0.05) is 23.7 Å². The number of rotatable bonds is 4. The molecule has 0 radical (unpaired) electrons. The Morgan fingerprint density at radius 3 is 2.38 bits per heavy atom. The lowest BCUT2D eigenvalue weighted by Crippen LogP contribution is -2.46. The van der Waals surface area contributed by atoms with Crippen LogP contribution in [-0.2, 0) is 0 Å². The van der Waals surface area contributed by atoms with Gasteiger partial charge in [-0.1, -0.05) is 0 Å². The van der Waals surface area contributed by atoms with Crippen molar-refractivity contribution in [2.75, 3.05) is 20.8 Å². The van der Waals surface area contributed by atoms with Crippen LogP contribution in [0, 0.1) is 0 Å². The van der Waals surface area contributed by atoms with E-state index in [2.05, 4.69) is 17.6 Å². The van der Waals surface area contributed by atoms with E-state index in [4.69, 9.17) is 9.47 Å². The zero-order chi connectivity index (χ0) is 14.5. The number of amides is 1. The van der Waals surface area contributed by atoms with Crippen molar-refractivity contribution < 1.29 is 14.3 Å². The summed E-state index contributed by atoms with van der Waals surface area (Å²) in [6, 6.07) is 5.86. The molecule has 2 N–H and O–H groups in total. The second kappa shape index (κ2) is 8.10. The highest BCUT2D eigenvalue weighted by atomic mass is 35.5. The Morgan fingerprint density at radius 2 is 1.86 bits per heavy atom. The Morgan fingerprint density at radius 1 is 1.24 bits per heavy atom. The highest BCUT2D eigenvalue weighted by Crippen LogP contribution is 2.22. The molecule has 0 saturated carbocycles. The molecule has 5 nitrogen and oxygen atoms in total. The Bertz CT molecular complexity index is 460. The molecule has 1 fully saturated rings. The molecular weight excluding hydrogens is 292 g/mol. The van der Waals surface area contributed by atoms with E-state index in [-0.39, 0.29) is 24.4 Å². The van der Waals surface area contributed by atoms with Crippen molar-refractivity contribution in [1.82, 2.24) is 10.6 Å². The normalized spacial score (nSPS) is 21.1. The average Bonchev–Trinajstić information content (AvgIpc) is 2.46. The minimum Gasteiger partial charge on any atom is -0.497 e. The largest absolute Gasteiger partial charge is 0.497 e. The number of hydrogen-bond donors (Lipinski definition) is 2. The smallest absolute Gasteiger partial charge is 0.251 e. The average molecular weight is 315 g/mol. The van der Waals surface area contributed by atoms with Gasteiger partial charge in [0.05, 0.1) is 14.2 Å². The van der Waals surface area contributed by atoms with Crippen molar-refractivity contribution in [1.29, 1.82) is 0 Å². The highest BCUT2D eigenvalue weighted by molar-refractivity contribution is 5.95. The standard InChI is InChI=1S/C15H22N2O3.ClH/c1-10-6-12(4-5-16-10)17-15(18)11-7-13(19-2)9-14(8-11)20-3;/h7-10,12,16H,4-6H2,1-3H3,(H,17,18);1H. The number of ether oxygens (including phenoxy) is 2. The SMILES string of the molecule is COc1cc(OC)cc(C(=O)NC2CCNC(C)C2)c1.Cl. The van der Waals surface area contributed by atoms with Crippen molar-refractivity contribution in [3.63, 3.8) is 0 Å². The fourth-order valence-corrected chi connectivity index (χ4v) is 2.47. The van der Waals surface area contributed by atoms with Crippen LogP contribution in [0.25, 0.3) is 0 Å². The maximum atomic E-state index is 12.3. The molecule has 1 aromatic rings. The van der Waals surface area contributed by atoms with Gasteiger partial charge in [0.2, 0.25) is 0 Å². The summed E-state index contributed by atoms with van der Waals surface area (Å²) in [5.41, 5.74) is 0.562. The molecule has 0 spiro atoms. The third kappa shape index (κ3) is 4.79. The molecule has 0 aliphatic carbocycles. The van der Waals surface area contributed by atoms with Gasteiger partial charge >= 0.3 is 0 Å². The monoisotopic (exact) mass is 314 g/mol. The predicted molar refractivity (Wildman–Crippen MR) is 84.7 cm³/mol. The van der Waals surface area contributed by atoms with Crippen LogP contribution in [0.1, 0.15) is 30.1 Å². The molecule has 1 heterocycles. The first kappa shape index (κ1) is 17.6. The summed E-state index contributed by atoms with van der Waals surface area (Å²) >= 11 is 0. The van der Waals surface area contributed by atoms with Crippen LogP contribution in [0.5, 0.6) is 11.5 Å². The van der Waals surface area contributed by atoms with E-state index in [0.717, 1.165) is 19.4 Å². The van der Waals surface area contributed by atoms with Crippen LogP contribution < -0.4 is 20.1 Å². The Kier molecular flexibility index (Phi) is 6.78. The Hall–Kier alpha value is -1.46. The van der Waals surface area contributed by atoms with Gasteiger partial charge in [0.25, 0.3) is 5.91 Å². The number of carbonyl (C=O) groups is 1. The molecule has 1 aromatic carbocycles. The molecule has 118 valence electrons. The summed E-state index contributed by atoms with van der Waals surface area (Å²) in [5, 5.41) is 6.45. The fraction of sp³-hybridized carbons (Fsp3) is 0.533. The van der Waals surface area contributed by atoms with Gasteiger partial charge in [-0.3, -0.25) is 4.79 Å². The lowest BCUT2D eigenvalue weighted by molar-refractivity contribution is 0.0925. The molecule has 2 unspecified atom stereocenters. The summed E-state index contributed by atoms with van der Waals surface area (Å²) in [7, 11) is 3.15. The molecule has 21 heavy (non-hydrogen) atoms. The Balaban J connectivity index is 0.00000220. The van der Waals surface area contributed by atoms with Gasteiger partial charge in [0.15, 0.2) is 0 Å². The molecule has 1 aliphatic rings. The van der Waals surface area contributed by atoms with Crippen LogP contribution >= 0.6 is 12.4 Å². The number of methoxy groups -OCH3 is 2. The lowest BCUT2D eigenvalue weighted by Gasteiger charge is -2.28. The summed E-state index contributed by atoms with van der Waals surface area (Å²) in [6.07, 6.45) is 1.91. The number of halogens is 1. The minimum atomic E-state index is -0.0821. The van der Waals surface area contributed by atoms with Crippen molar-refractivity contribution in [3.8, 4) is 11.5 Å². The Labute approximate surface area is 131 Å². The number of hydrogen-bond acceptors (Lipinski definition) is 4. The summed E-state index contributed by atoms with van der Waals surface area (Å²) in [4.78, 5) is 12.3. The van der Waals surface area contributed by atoms with Crippen molar-refractivity contribution in [2.24, 2.45) is 0 Å². The topological polar surface area (TPSA) is 59.6 Å². The molecule has 2 rings (SSSR count). The zero-order valence-electron chi connectivity index (χ0n) is 12.6. The fourth-order valence-electron chi connectivity index (χ4n) is 2.47. The van der Waals surface area contributed by atoms with Gasteiger partial charge < -0.3 is 20.1 Å². The highest BCUT2D eigenvalue weighted by Gasteiger charge is 2.21. The van der Waals surface area contributed by atoms with Gasteiger partial charge in [-0.05, 0) is 38.4 Å². The quantitative estimate of drug-likeness (QED) is 0.892. The van der Waals surface area contributed by atoms with Crippen molar-refractivity contribution in [2.45, 2.75) is 31.8 Å². The van der Waals surface area contributed by atoms with E-state index in [9.17, 15) is 4.79 Å². The third-order valence-electron chi connectivity index (χ3n) is 3.57. The molecule has 2 atom stereocenters. The summed E-state index contributed by atoms with van der Waals surface area (Å²) < 4.78 is 10.4. The molecule has 0 bridgehead atoms. The second-order valence-electron chi connectivity index (χ2n) is 5.15. The van der Waals surface area contributed by atoms with E-state index in [1.54, 1.807) is 32.4 Å². The number of piperidine rings is 1. The van der Waals surface area contributed by atoms with E-state index in [1.807, 2.05) is 0 Å². The molecule has 1 aliphatic heterocycles. The first-order valence-electron chi connectivity index (χ1n) is 6.89. The van der Waals surface area contributed by atoms with E-state index in [0.29, 0.717) is 23.1 Å². The molecular formula is C15H23ClN2O3. The van der Waals surface area contributed by atoms with E-state index in [1.165, 1.54) is 0 Å². The van der Waals surface area contributed by atoms with Gasteiger partial charge in [-0.15, -0.1) is 12.4 Å². The van der Waals surface area contributed by atoms with E-state index >= 15 is 0 Å². The predicted octanol–water partition coefficient (Wildman–Crippen LogP) is 2.00. The molecule has 1 saturated heterocycles. The van der Waals surface area contributed by atoms with Crippen LogP contribution in [0.3, 0.4) is 0 Å². The van der Waals surface area contributed by atoms with Crippen molar-refractivity contribution >= 4 is 18.3 Å². The number of nitrogens with one attached hydrogen (secondary N) is 2. The molecule has 1 amide bonds. The van der Waals surface area contributed by atoms with Gasteiger partial charge in [-0.2, -0.15) is 0 Å². The minimum absolute atomic E-state index is 0. The maximum Gasteiger partial charge on any atom is 0.251 e. The van der Waals surface area contributed by atoms with E-state index < -0.39 is 0 Å². The third-order valence-corrected chi connectivity index (χ3v) is 3.57. The number of benzene rings is 1. The summed E-state index contributed by atoms with van der Waals surface area (Å²) in [6.45, 7) is 3.07. The summed E-state index contributed by atoms with van der Waals surface area (Å²) in [5.74, 6) is 1.16. The first-order chi connectivity index (χ1) is 9.62. The van der Waals surface area contributed by atoms with Gasteiger partial charge in [-0.25, -0.2) is 0 Å². The van der Waals surface area contributed by atoms with Crippen molar-refractivity contribution in [3.05, 3.63) is 23.8 Å². The first-order valence-corrected chi connectivity index (χ1v) is 6.89. The molecule has 0 aromatic heterocycles. The second-order valence-corrected chi connectivity index (χ2v) is 5.15. The van der Waals surface area contributed by atoms with Crippen LogP contribution in [-0.4, -0.2) is 38.8 Å². The molecule has 6 heteroatoms.